The van der Waals surface area contributed by atoms with Gasteiger partial charge in [0.25, 0.3) is 0 Å². The van der Waals surface area contributed by atoms with E-state index in [4.69, 9.17) is 14.5 Å². The minimum Gasteiger partial charge on any atom is -0.380 e. The minimum absolute atomic E-state index is 0. The van der Waals surface area contributed by atoms with E-state index in [1.807, 2.05) is 0 Å². The molecule has 2 rings (SSSR count). The molecule has 28 heavy (non-hydrogen) atoms. The minimum atomic E-state index is 0. The normalized spacial score (nSPS) is 18.0. The summed E-state index contributed by atoms with van der Waals surface area (Å²) in [6.07, 6.45) is 0.203. The third-order valence-electron chi connectivity index (χ3n) is 4.44. The number of halogens is 1. The highest BCUT2D eigenvalue weighted by molar-refractivity contribution is 14.0. The molecule has 0 spiro atoms. The average molecular weight is 504 g/mol. The number of morpholine rings is 1. The Labute approximate surface area is 187 Å². The maximum atomic E-state index is 5.92. The maximum absolute atomic E-state index is 5.92. The SMILES string of the molecule is CCNC(=NCc1ccc(COC)cc1)NCC1CN(CC(C)C)CCO1.I. The van der Waals surface area contributed by atoms with E-state index in [-0.39, 0.29) is 30.1 Å². The lowest BCUT2D eigenvalue weighted by Gasteiger charge is -2.34. The molecule has 0 radical (unpaired) electrons. The molecule has 160 valence electrons. The van der Waals surface area contributed by atoms with Gasteiger partial charge >= 0.3 is 0 Å². The van der Waals surface area contributed by atoms with E-state index < -0.39 is 0 Å². The summed E-state index contributed by atoms with van der Waals surface area (Å²) < 4.78 is 11.1. The molecule has 1 unspecified atom stereocenters. The van der Waals surface area contributed by atoms with E-state index in [0.717, 1.165) is 45.3 Å². The summed E-state index contributed by atoms with van der Waals surface area (Å²) in [5.74, 6) is 1.52. The van der Waals surface area contributed by atoms with Gasteiger partial charge in [0.1, 0.15) is 0 Å². The Kier molecular flexibility index (Phi) is 12.7. The van der Waals surface area contributed by atoms with E-state index in [2.05, 4.69) is 60.6 Å². The van der Waals surface area contributed by atoms with Crippen LogP contribution in [-0.4, -0.2) is 63.4 Å². The molecule has 1 aromatic rings. The summed E-state index contributed by atoms with van der Waals surface area (Å²) in [6, 6.07) is 8.40. The zero-order valence-electron chi connectivity index (χ0n) is 17.7. The van der Waals surface area contributed by atoms with Gasteiger partial charge in [0, 0.05) is 39.8 Å². The third kappa shape index (κ3) is 9.54. The van der Waals surface area contributed by atoms with Crippen molar-refractivity contribution in [2.24, 2.45) is 10.9 Å². The van der Waals surface area contributed by atoms with Crippen molar-refractivity contribution in [2.45, 2.75) is 40.0 Å². The number of aliphatic imine (C=N–C) groups is 1. The molecule has 0 bridgehead atoms. The molecule has 1 heterocycles. The lowest BCUT2D eigenvalue weighted by Crippen LogP contribution is -2.50. The van der Waals surface area contributed by atoms with Gasteiger partial charge in [0.2, 0.25) is 0 Å². The van der Waals surface area contributed by atoms with Gasteiger partial charge in [-0.25, -0.2) is 4.99 Å². The zero-order valence-corrected chi connectivity index (χ0v) is 20.1. The van der Waals surface area contributed by atoms with Crippen LogP contribution in [0, 0.1) is 5.92 Å². The van der Waals surface area contributed by atoms with Gasteiger partial charge in [0.15, 0.2) is 5.96 Å². The number of methoxy groups -OCH3 is 1. The van der Waals surface area contributed by atoms with Gasteiger partial charge in [-0.05, 0) is 24.0 Å². The number of benzene rings is 1. The lowest BCUT2D eigenvalue weighted by molar-refractivity contribution is -0.0284. The standard InChI is InChI=1S/C21H36N4O2.HI/c1-5-22-21(23-12-18-6-8-19(9-7-18)16-26-4)24-13-20-15-25(10-11-27-20)14-17(2)3;/h6-9,17,20H,5,10-16H2,1-4H3,(H2,22,23,24);1H. The van der Waals surface area contributed by atoms with Gasteiger partial charge in [-0.3, -0.25) is 4.90 Å². The molecule has 1 saturated heterocycles. The van der Waals surface area contributed by atoms with Crippen molar-refractivity contribution in [1.29, 1.82) is 0 Å². The first kappa shape index (κ1) is 25.1. The van der Waals surface area contributed by atoms with Crippen molar-refractivity contribution in [3.05, 3.63) is 35.4 Å². The van der Waals surface area contributed by atoms with Crippen molar-refractivity contribution in [3.63, 3.8) is 0 Å². The van der Waals surface area contributed by atoms with Crippen molar-refractivity contribution < 1.29 is 9.47 Å². The van der Waals surface area contributed by atoms with Crippen LogP contribution in [0.15, 0.2) is 29.3 Å². The summed E-state index contributed by atoms with van der Waals surface area (Å²) in [7, 11) is 1.71. The summed E-state index contributed by atoms with van der Waals surface area (Å²) >= 11 is 0. The van der Waals surface area contributed by atoms with Crippen molar-refractivity contribution in [1.82, 2.24) is 15.5 Å². The molecule has 0 saturated carbocycles. The van der Waals surface area contributed by atoms with Crippen LogP contribution in [0.1, 0.15) is 31.9 Å². The molecule has 0 aliphatic carbocycles. The smallest absolute Gasteiger partial charge is 0.191 e. The molecule has 7 heteroatoms. The molecule has 1 fully saturated rings. The van der Waals surface area contributed by atoms with Crippen LogP contribution in [0.3, 0.4) is 0 Å². The first-order valence-electron chi connectivity index (χ1n) is 10.0. The number of nitrogens with one attached hydrogen (secondary N) is 2. The highest BCUT2D eigenvalue weighted by atomic mass is 127. The molecule has 1 aliphatic heterocycles. The Bertz CT molecular complexity index is 566. The van der Waals surface area contributed by atoms with Crippen LogP contribution in [-0.2, 0) is 22.6 Å². The Balaban J connectivity index is 0.00000392. The van der Waals surface area contributed by atoms with Crippen molar-refractivity contribution >= 4 is 29.9 Å². The van der Waals surface area contributed by atoms with E-state index in [9.17, 15) is 0 Å². The molecular weight excluding hydrogens is 467 g/mol. The maximum Gasteiger partial charge on any atom is 0.191 e. The number of rotatable bonds is 9. The molecular formula is C21H37IN4O2. The first-order valence-corrected chi connectivity index (χ1v) is 10.0. The quantitative estimate of drug-likeness (QED) is 0.308. The molecule has 0 amide bonds. The second-order valence-electron chi connectivity index (χ2n) is 7.47. The summed E-state index contributed by atoms with van der Waals surface area (Å²) in [5.41, 5.74) is 2.36. The van der Waals surface area contributed by atoms with E-state index >= 15 is 0 Å². The van der Waals surface area contributed by atoms with Crippen LogP contribution in [0.2, 0.25) is 0 Å². The van der Waals surface area contributed by atoms with Gasteiger partial charge < -0.3 is 20.1 Å². The van der Waals surface area contributed by atoms with E-state index in [0.29, 0.717) is 19.1 Å². The second kappa shape index (κ2) is 14.1. The summed E-state index contributed by atoms with van der Waals surface area (Å²) in [5, 5.41) is 6.75. The second-order valence-corrected chi connectivity index (χ2v) is 7.47. The number of hydrogen-bond acceptors (Lipinski definition) is 4. The van der Waals surface area contributed by atoms with Crippen molar-refractivity contribution in [2.75, 3.05) is 46.4 Å². The molecule has 1 atom stereocenters. The monoisotopic (exact) mass is 504 g/mol. The predicted octanol–water partition coefficient (Wildman–Crippen LogP) is 2.86. The molecule has 2 N–H and O–H groups in total. The first-order chi connectivity index (χ1) is 13.1. The van der Waals surface area contributed by atoms with Crippen LogP contribution in [0.25, 0.3) is 0 Å². The molecule has 1 aliphatic rings. The van der Waals surface area contributed by atoms with Gasteiger partial charge in [0.05, 0.1) is 25.9 Å². The van der Waals surface area contributed by atoms with E-state index in [1.54, 1.807) is 7.11 Å². The number of guanidine groups is 1. The fourth-order valence-electron chi connectivity index (χ4n) is 3.22. The summed E-state index contributed by atoms with van der Waals surface area (Å²) in [4.78, 5) is 7.20. The fourth-order valence-corrected chi connectivity index (χ4v) is 3.22. The van der Waals surface area contributed by atoms with Gasteiger partial charge in [-0.1, -0.05) is 38.1 Å². The molecule has 0 aromatic heterocycles. The number of ether oxygens (including phenoxy) is 2. The zero-order chi connectivity index (χ0) is 19.5. The van der Waals surface area contributed by atoms with Gasteiger partial charge in [-0.2, -0.15) is 0 Å². The highest BCUT2D eigenvalue weighted by Crippen LogP contribution is 2.08. The van der Waals surface area contributed by atoms with Gasteiger partial charge in [-0.15, -0.1) is 24.0 Å². The highest BCUT2D eigenvalue weighted by Gasteiger charge is 2.21. The average Bonchev–Trinajstić information content (AvgIpc) is 2.65. The topological polar surface area (TPSA) is 58.1 Å². The lowest BCUT2D eigenvalue weighted by atomic mass is 10.1. The Hall–Kier alpha value is -0.900. The number of nitrogens with zero attached hydrogens (tertiary/aromatic N) is 2. The number of hydrogen-bond donors (Lipinski definition) is 2. The van der Waals surface area contributed by atoms with Crippen LogP contribution >= 0.6 is 24.0 Å². The molecule has 1 aromatic carbocycles. The van der Waals surface area contributed by atoms with E-state index in [1.165, 1.54) is 11.1 Å². The Morgan fingerprint density at radius 1 is 1.25 bits per heavy atom. The predicted molar refractivity (Wildman–Crippen MR) is 126 cm³/mol. The fraction of sp³-hybridized carbons (Fsp3) is 0.667. The summed E-state index contributed by atoms with van der Waals surface area (Å²) in [6.45, 7) is 13.5. The van der Waals surface area contributed by atoms with Crippen LogP contribution in [0.4, 0.5) is 0 Å². The van der Waals surface area contributed by atoms with Crippen LogP contribution in [0.5, 0.6) is 0 Å². The largest absolute Gasteiger partial charge is 0.380 e. The van der Waals surface area contributed by atoms with Crippen molar-refractivity contribution in [3.8, 4) is 0 Å². The third-order valence-corrected chi connectivity index (χ3v) is 4.44. The molecule has 6 nitrogen and oxygen atoms in total. The Morgan fingerprint density at radius 3 is 2.61 bits per heavy atom. The Morgan fingerprint density at radius 2 is 1.96 bits per heavy atom. The van der Waals surface area contributed by atoms with Crippen LogP contribution < -0.4 is 10.6 Å².